The molecule has 1 amide bonds. The fraction of sp³-hybridized carbons (Fsp3) is 0.316. The first-order valence-electron chi connectivity index (χ1n) is 8.28. The molecule has 2 heterocycles. The van der Waals surface area contributed by atoms with E-state index < -0.39 is 11.9 Å². The number of piperidine rings is 1. The lowest BCUT2D eigenvalue weighted by Crippen LogP contribution is -2.42. The molecule has 0 spiro atoms. The van der Waals surface area contributed by atoms with Crippen molar-refractivity contribution in [1.29, 1.82) is 0 Å². The average molecular weight is 340 g/mol. The number of carbonyl (C=O) groups is 2. The van der Waals surface area contributed by atoms with Crippen molar-refractivity contribution in [2.24, 2.45) is 5.92 Å². The summed E-state index contributed by atoms with van der Waals surface area (Å²) in [5.41, 5.74) is 1.48. The highest BCUT2D eigenvalue weighted by Crippen LogP contribution is 2.20. The predicted molar refractivity (Wildman–Crippen MR) is 91.3 cm³/mol. The molecule has 6 heteroatoms. The van der Waals surface area contributed by atoms with E-state index >= 15 is 0 Å². The van der Waals surface area contributed by atoms with Gasteiger partial charge in [-0.05, 0) is 24.5 Å². The minimum Gasteiger partial charge on any atom is -0.481 e. The second kappa shape index (κ2) is 7.79. The maximum atomic E-state index is 12.6. The van der Waals surface area contributed by atoms with Crippen molar-refractivity contribution in [2.45, 2.75) is 19.4 Å². The van der Waals surface area contributed by atoms with Gasteiger partial charge < -0.3 is 14.7 Å². The minimum atomic E-state index is -0.848. The van der Waals surface area contributed by atoms with Crippen molar-refractivity contribution in [3.8, 4) is 5.88 Å². The quantitative estimate of drug-likeness (QED) is 0.905. The molecule has 1 aromatic heterocycles. The number of ether oxygens (including phenoxy) is 1. The molecule has 1 aromatic carbocycles. The molecule has 0 bridgehead atoms. The molecule has 2 aromatic rings. The number of carboxylic acids is 1. The molecule has 0 saturated carbocycles. The SMILES string of the molecule is O=C(O)[C@H]1CCCN(C(=O)c2ccnc(OCc3ccccc3)c2)C1. The van der Waals surface area contributed by atoms with Gasteiger partial charge in [0.1, 0.15) is 6.61 Å². The van der Waals surface area contributed by atoms with Gasteiger partial charge >= 0.3 is 5.97 Å². The van der Waals surface area contributed by atoms with E-state index in [1.165, 1.54) is 6.20 Å². The number of carbonyl (C=O) groups excluding carboxylic acids is 1. The van der Waals surface area contributed by atoms with E-state index in [2.05, 4.69) is 4.98 Å². The van der Waals surface area contributed by atoms with Crippen LogP contribution in [0.4, 0.5) is 0 Å². The van der Waals surface area contributed by atoms with Crippen LogP contribution in [0, 0.1) is 5.92 Å². The first-order valence-corrected chi connectivity index (χ1v) is 8.28. The van der Waals surface area contributed by atoms with E-state index in [9.17, 15) is 9.59 Å². The fourth-order valence-electron chi connectivity index (χ4n) is 2.90. The van der Waals surface area contributed by atoms with E-state index in [1.807, 2.05) is 30.3 Å². The number of carboxylic acid groups (broad SMARTS) is 1. The summed E-state index contributed by atoms with van der Waals surface area (Å²) in [5.74, 6) is -1.15. The Kier molecular flexibility index (Phi) is 5.28. The Hall–Kier alpha value is -2.89. The molecule has 1 aliphatic heterocycles. The molecule has 1 saturated heterocycles. The first kappa shape index (κ1) is 17.0. The average Bonchev–Trinajstić information content (AvgIpc) is 2.67. The largest absolute Gasteiger partial charge is 0.481 e. The lowest BCUT2D eigenvalue weighted by Gasteiger charge is -2.30. The summed E-state index contributed by atoms with van der Waals surface area (Å²) in [6.45, 7) is 1.19. The number of rotatable bonds is 5. The highest BCUT2D eigenvalue weighted by atomic mass is 16.5. The summed E-state index contributed by atoms with van der Waals surface area (Å²) in [7, 11) is 0. The predicted octanol–water partition coefficient (Wildman–Crippen LogP) is 2.60. The van der Waals surface area contributed by atoms with Gasteiger partial charge in [0.2, 0.25) is 5.88 Å². The molecule has 1 N–H and O–H groups in total. The highest BCUT2D eigenvalue weighted by Gasteiger charge is 2.28. The third-order valence-corrected chi connectivity index (χ3v) is 4.27. The molecule has 1 atom stereocenters. The van der Waals surface area contributed by atoms with Gasteiger partial charge in [-0.1, -0.05) is 30.3 Å². The molecule has 0 radical (unpaired) electrons. The van der Waals surface area contributed by atoms with E-state index in [-0.39, 0.29) is 12.5 Å². The molecule has 3 rings (SSSR count). The lowest BCUT2D eigenvalue weighted by atomic mass is 9.98. The number of benzene rings is 1. The number of pyridine rings is 1. The third kappa shape index (κ3) is 4.35. The van der Waals surface area contributed by atoms with Crippen LogP contribution in [0.3, 0.4) is 0 Å². The molecule has 0 aliphatic carbocycles. The Morgan fingerprint density at radius 3 is 2.80 bits per heavy atom. The zero-order valence-electron chi connectivity index (χ0n) is 13.8. The molecule has 6 nitrogen and oxygen atoms in total. The molecule has 1 fully saturated rings. The van der Waals surface area contributed by atoms with Crippen molar-refractivity contribution in [3.63, 3.8) is 0 Å². The van der Waals surface area contributed by atoms with Crippen LogP contribution in [-0.4, -0.2) is 40.0 Å². The fourth-order valence-corrected chi connectivity index (χ4v) is 2.90. The number of aliphatic carboxylic acids is 1. The number of hydrogen-bond donors (Lipinski definition) is 1. The summed E-state index contributed by atoms with van der Waals surface area (Å²) < 4.78 is 5.65. The second-order valence-corrected chi connectivity index (χ2v) is 6.09. The highest BCUT2D eigenvalue weighted by molar-refractivity contribution is 5.94. The van der Waals surface area contributed by atoms with Crippen molar-refractivity contribution in [1.82, 2.24) is 9.88 Å². The summed E-state index contributed by atoms with van der Waals surface area (Å²) in [6, 6.07) is 12.9. The molecule has 25 heavy (non-hydrogen) atoms. The van der Waals surface area contributed by atoms with Crippen LogP contribution >= 0.6 is 0 Å². The smallest absolute Gasteiger partial charge is 0.308 e. The maximum absolute atomic E-state index is 12.6. The molecular weight excluding hydrogens is 320 g/mol. The van der Waals surface area contributed by atoms with Crippen LogP contribution in [0.15, 0.2) is 48.7 Å². The Morgan fingerprint density at radius 1 is 1.24 bits per heavy atom. The molecular formula is C19H20N2O4. The van der Waals surface area contributed by atoms with Gasteiger partial charge in [0.15, 0.2) is 0 Å². The zero-order chi connectivity index (χ0) is 17.6. The zero-order valence-corrected chi connectivity index (χ0v) is 13.8. The van der Waals surface area contributed by atoms with Crippen LogP contribution < -0.4 is 4.74 Å². The number of hydrogen-bond acceptors (Lipinski definition) is 4. The van der Waals surface area contributed by atoms with Crippen molar-refractivity contribution < 1.29 is 19.4 Å². The van der Waals surface area contributed by atoms with Gasteiger partial charge in [-0.2, -0.15) is 0 Å². The van der Waals surface area contributed by atoms with Gasteiger partial charge in [0, 0.05) is 30.9 Å². The van der Waals surface area contributed by atoms with Gasteiger partial charge in [-0.25, -0.2) is 4.98 Å². The van der Waals surface area contributed by atoms with Crippen molar-refractivity contribution in [2.75, 3.05) is 13.1 Å². The molecule has 0 unspecified atom stereocenters. The Labute approximate surface area is 146 Å². The van der Waals surface area contributed by atoms with Crippen LogP contribution in [0.25, 0.3) is 0 Å². The molecule has 1 aliphatic rings. The monoisotopic (exact) mass is 340 g/mol. The Morgan fingerprint density at radius 2 is 2.04 bits per heavy atom. The van der Waals surface area contributed by atoms with Crippen LogP contribution in [0.1, 0.15) is 28.8 Å². The van der Waals surface area contributed by atoms with Crippen LogP contribution in [0.2, 0.25) is 0 Å². The van der Waals surface area contributed by atoms with Crippen LogP contribution in [-0.2, 0) is 11.4 Å². The number of likely N-dealkylation sites (tertiary alicyclic amines) is 1. The standard InChI is InChI=1S/C19H20N2O4/c22-18(21-10-4-7-16(12-21)19(23)24)15-8-9-20-17(11-15)25-13-14-5-2-1-3-6-14/h1-3,5-6,8-9,11,16H,4,7,10,12-13H2,(H,23,24)/t16-/m0/s1. The minimum absolute atomic E-state index is 0.182. The van der Waals surface area contributed by atoms with Crippen LogP contribution in [0.5, 0.6) is 5.88 Å². The van der Waals surface area contributed by atoms with E-state index in [4.69, 9.17) is 9.84 Å². The van der Waals surface area contributed by atoms with E-state index in [0.717, 1.165) is 5.56 Å². The summed E-state index contributed by atoms with van der Waals surface area (Å²) in [5, 5.41) is 9.16. The van der Waals surface area contributed by atoms with Gasteiger partial charge in [-0.15, -0.1) is 0 Å². The Balaban J connectivity index is 1.66. The van der Waals surface area contributed by atoms with Crippen molar-refractivity contribution >= 4 is 11.9 Å². The maximum Gasteiger partial charge on any atom is 0.308 e. The van der Waals surface area contributed by atoms with Crippen molar-refractivity contribution in [3.05, 3.63) is 59.8 Å². The molecule has 130 valence electrons. The topological polar surface area (TPSA) is 79.7 Å². The van der Waals surface area contributed by atoms with E-state index in [1.54, 1.807) is 17.0 Å². The third-order valence-electron chi connectivity index (χ3n) is 4.27. The lowest BCUT2D eigenvalue weighted by molar-refractivity contribution is -0.143. The van der Waals surface area contributed by atoms with Gasteiger partial charge in [0.25, 0.3) is 5.91 Å². The summed E-state index contributed by atoms with van der Waals surface area (Å²) in [6.07, 6.45) is 2.85. The van der Waals surface area contributed by atoms with E-state index in [0.29, 0.717) is 37.4 Å². The van der Waals surface area contributed by atoms with Gasteiger partial charge in [0.05, 0.1) is 5.92 Å². The van der Waals surface area contributed by atoms with Gasteiger partial charge in [-0.3, -0.25) is 9.59 Å². The number of amides is 1. The summed E-state index contributed by atoms with van der Waals surface area (Å²) >= 11 is 0. The second-order valence-electron chi connectivity index (χ2n) is 6.09. The summed E-state index contributed by atoms with van der Waals surface area (Å²) in [4.78, 5) is 29.5. The number of nitrogens with zero attached hydrogens (tertiary/aromatic N) is 2. The first-order chi connectivity index (χ1) is 12.1. The Bertz CT molecular complexity index is 748. The normalized spacial score (nSPS) is 17.1. The number of aromatic nitrogens is 1.